The Labute approximate surface area is 134 Å². The molecule has 114 valence electrons. The molecule has 0 radical (unpaired) electrons. The van der Waals surface area contributed by atoms with Crippen LogP contribution in [0, 0.1) is 0 Å². The minimum atomic E-state index is -1.17. The molecule has 0 fully saturated rings. The summed E-state index contributed by atoms with van der Waals surface area (Å²) in [5.74, 6) is -1.39. The van der Waals surface area contributed by atoms with E-state index in [0.29, 0.717) is 0 Å². The SMILES string of the molecule is O=C(Cn1cc(C(=O)O)nn1)NC1CCc2c(Br)cccc21. The lowest BCUT2D eigenvalue weighted by Gasteiger charge is -2.14. The monoisotopic (exact) mass is 364 g/mol. The zero-order valence-corrected chi connectivity index (χ0v) is 13.1. The van der Waals surface area contributed by atoms with Crippen molar-refractivity contribution in [3.8, 4) is 0 Å². The molecule has 1 heterocycles. The number of hydrogen-bond donors (Lipinski definition) is 2. The molecule has 1 atom stereocenters. The van der Waals surface area contributed by atoms with Crippen molar-refractivity contribution in [2.45, 2.75) is 25.4 Å². The quantitative estimate of drug-likeness (QED) is 0.857. The number of nitrogens with one attached hydrogen (secondary N) is 1. The Kier molecular flexibility index (Phi) is 3.93. The fourth-order valence-corrected chi connectivity index (χ4v) is 3.20. The fraction of sp³-hybridized carbons (Fsp3) is 0.286. The summed E-state index contributed by atoms with van der Waals surface area (Å²) in [5, 5.41) is 18.8. The second-order valence-corrected chi connectivity index (χ2v) is 5.93. The first-order valence-corrected chi connectivity index (χ1v) is 7.54. The van der Waals surface area contributed by atoms with Gasteiger partial charge in [-0.25, -0.2) is 9.48 Å². The predicted molar refractivity (Wildman–Crippen MR) is 80.3 cm³/mol. The van der Waals surface area contributed by atoms with Crippen molar-refractivity contribution in [3.63, 3.8) is 0 Å². The Morgan fingerprint density at radius 1 is 1.45 bits per heavy atom. The molecule has 0 bridgehead atoms. The summed E-state index contributed by atoms with van der Waals surface area (Å²) in [6.07, 6.45) is 3.00. The van der Waals surface area contributed by atoms with Crippen molar-refractivity contribution < 1.29 is 14.7 Å². The lowest BCUT2D eigenvalue weighted by atomic mass is 10.1. The molecule has 22 heavy (non-hydrogen) atoms. The number of hydrogen-bond acceptors (Lipinski definition) is 4. The van der Waals surface area contributed by atoms with Crippen LogP contribution in [-0.4, -0.2) is 32.0 Å². The van der Waals surface area contributed by atoms with Gasteiger partial charge in [-0.05, 0) is 30.0 Å². The third kappa shape index (κ3) is 2.87. The molecular weight excluding hydrogens is 352 g/mol. The predicted octanol–water partition coefficient (Wildman–Crippen LogP) is 1.54. The minimum Gasteiger partial charge on any atom is -0.476 e. The molecule has 1 amide bonds. The highest BCUT2D eigenvalue weighted by Crippen LogP contribution is 2.35. The largest absolute Gasteiger partial charge is 0.476 e. The first kappa shape index (κ1) is 14.7. The summed E-state index contributed by atoms with van der Waals surface area (Å²) in [7, 11) is 0. The van der Waals surface area contributed by atoms with Gasteiger partial charge in [-0.3, -0.25) is 4.79 Å². The van der Waals surface area contributed by atoms with E-state index in [1.807, 2.05) is 18.2 Å². The first-order chi connectivity index (χ1) is 10.5. The molecule has 7 nitrogen and oxygen atoms in total. The molecule has 1 aliphatic rings. The first-order valence-electron chi connectivity index (χ1n) is 6.74. The third-order valence-electron chi connectivity index (χ3n) is 3.61. The van der Waals surface area contributed by atoms with E-state index in [4.69, 9.17) is 5.11 Å². The number of rotatable bonds is 4. The smallest absolute Gasteiger partial charge is 0.358 e. The number of carbonyl (C=O) groups is 2. The van der Waals surface area contributed by atoms with Gasteiger partial charge in [0.15, 0.2) is 5.69 Å². The van der Waals surface area contributed by atoms with Crippen LogP contribution in [-0.2, 0) is 17.8 Å². The molecule has 0 spiro atoms. The van der Waals surface area contributed by atoms with E-state index in [2.05, 4.69) is 31.6 Å². The number of nitrogens with zero attached hydrogens (tertiary/aromatic N) is 3. The van der Waals surface area contributed by atoms with Crippen molar-refractivity contribution in [2.75, 3.05) is 0 Å². The number of aromatic nitrogens is 3. The van der Waals surface area contributed by atoms with Gasteiger partial charge < -0.3 is 10.4 Å². The van der Waals surface area contributed by atoms with Crippen molar-refractivity contribution in [1.82, 2.24) is 20.3 Å². The number of fused-ring (bicyclic) bond motifs is 1. The molecule has 0 saturated carbocycles. The Hall–Kier alpha value is -2.22. The Balaban J connectivity index is 1.66. The highest BCUT2D eigenvalue weighted by molar-refractivity contribution is 9.10. The van der Waals surface area contributed by atoms with Crippen LogP contribution in [0.1, 0.15) is 34.1 Å². The van der Waals surface area contributed by atoms with Crippen LogP contribution in [0.15, 0.2) is 28.9 Å². The molecule has 8 heteroatoms. The van der Waals surface area contributed by atoms with E-state index >= 15 is 0 Å². The average molecular weight is 365 g/mol. The summed E-state index contributed by atoms with van der Waals surface area (Å²) < 4.78 is 2.28. The van der Waals surface area contributed by atoms with Crippen LogP contribution in [0.3, 0.4) is 0 Å². The Bertz CT molecular complexity index is 743. The van der Waals surface area contributed by atoms with E-state index in [0.717, 1.165) is 22.9 Å². The van der Waals surface area contributed by atoms with Crippen molar-refractivity contribution in [3.05, 3.63) is 45.7 Å². The Morgan fingerprint density at radius 2 is 2.27 bits per heavy atom. The summed E-state index contributed by atoms with van der Waals surface area (Å²) >= 11 is 3.52. The van der Waals surface area contributed by atoms with E-state index in [1.54, 1.807) is 0 Å². The number of amides is 1. The molecule has 1 aromatic carbocycles. The second-order valence-electron chi connectivity index (χ2n) is 5.07. The standard InChI is InChI=1S/C14H13BrN4O3/c15-10-3-1-2-9-8(10)4-5-11(9)16-13(20)7-19-6-12(14(21)22)17-18-19/h1-3,6,11H,4-5,7H2,(H,16,20)(H,21,22). The maximum atomic E-state index is 12.1. The van der Waals surface area contributed by atoms with Crippen molar-refractivity contribution >= 4 is 27.8 Å². The van der Waals surface area contributed by atoms with Crippen LogP contribution >= 0.6 is 15.9 Å². The number of carboxylic acids is 1. The van der Waals surface area contributed by atoms with E-state index in [1.165, 1.54) is 16.4 Å². The van der Waals surface area contributed by atoms with Crippen LogP contribution in [0.25, 0.3) is 0 Å². The number of aromatic carboxylic acids is 1. The van der Waals surface area contributed by atoms with Gasteiger partial charge in [0.1, 0.15) is 6.54 Å². The highest BCUT2D eigenvalue weighted by Gasteiger charge is 2.25. The Morgan fingerprint density at radius 3 is 3.00 bits per heavy atom. The van der Waals surface area contributed by atoms with Crippen molar-refractivity contribution in [1.29, 1.82) is 0 Å². The molecule has 2 N–H and O–H groups in total. The minimum absolute atomic E-state index is 0.0255. The molecule has 0 aliphatic heterocycles. The summed E-state index contributed by atoms with van der Waals surface area (Å²) in [5.41, 5.74) is 2.16. The summed E-state index contributed by atoms with van der Waals surface area (Å²) in [6.45, 7) is -0.0554. The number of halogens is 1. The van der Waals surface area contributed by atoms with E-state index in [9.17, 15) is 9.59 Å². The maximum absolute atomic E-state index is 12.1. The van der Waals surface area contributed by atoms with Gasteiger partial charge in [0.25, 0.3) is 0 Å². The third-order valence-corrected chi connectivity index (χ3v) is 4.36. The van der Waals surface area contributed by atoms with Crippen LogP contribution in [0.5, 0.6) is 0 Å². The molecule has 0 saturated heterocycles. The van der Waals surface area contributed by atoms with Gasteiger partial charge in [0.05, 0.1) is 12.2 Å². The lowest BCUT2D eigenvalue weighted by Crippen LogP contribution is -2.30. The van der Waals surface area contributed by atoms with Crippen LogP contribution in [0.4, 0.5) is 0 Å². The van der Waals surface area contributed by atoms with Crippen LogP contribution in [0.2, 0.25) is 0 Å². The zero-order chi connectivity index (χ0) is 15.7. The normalized spacial score (nSPS) is 16.3. The molecule has 1 aromatic heterocycles. The fourth-order valence-electron chi connectivity index (χ4n) is 2.62. The summed E-state index contributed by atoms with van der Waals surface area (Å²) in [4.78, 5) is 22.8. The van der Waals surface area contributed by atoms with E-state index < -0.39 is 5.97 Å². The molecule has 1 unspecified atom stereocenters. The van der Waals surface area contributed by atoms with Gasteiger partial charge in [-0.2, -0.15) is 0 Å². The van der Waals surface area contributed by atoms with Gasteiger partial charge in [-0.15, -0.1) is 5.10 Å². The van der Waals surface area contributed by atoms with Gasteiger partial charge in [0.2, 0.25) is 5.91 Å². The number of benzene rings is 1. The molecule has 1 aliphatic carbocycles. The molecule has 3 rings (SSSR count). The number of carboxylic acid groups (broad SMARTS) is 1. The number of carbonyl (C=O) groups excluding carboxylic acids is 1. The highest BCUT2D eigenvalue weighted by atomic mass is 79.9. The molecular formula is C14H13BrN4O3. The maximum Gasteiger partial charge on any atom is 0.358 e. The van der Waals surface area contributed by atoms with Gasteiger partial charge in [0, 0.05) is 4.47 Å². The molecule has 2 aromatic rings. The zero-order valence-electron chi connectivity index (χ0n) is 11.5. The lowest BCUT2D eigenvalue weighted by molar-refractivity contribution is -0.122. The van der Waals surface area contributed by atoms with Crippen molar-refractivity contribution in [2.24, 2.45) is 0 Å². The average Bonchev–Trinajstić information content (AvgIpc) is 3.07. The van der Waals surface area contributed by atoms with E-state index in [-0.39, 0.29) is 24.2 Å². The second kappa shape index (κ2) is 5.88. The summed E-state index contributed by atoms with van der Waals surface area (Å²) in [6, 6.07) is 5.92. The van der Waals surface area contributed by atoms with Gasteiger partial charge >= 0.3 is 5.97 Å². The topological polar surface area (TPSA) is 97.1 Å². The van der Waals surface area contributed by atoms with Gasteiger partial charge in [-0.1, -0.05) is 33.3 Å². The van der Waals surface area contributed by atoms with Crippen LogP contribution < -0.4 is 5.32 Å².